The first-order chi connectivity index (χ1) is 14.5. The van der Waals surface area contributed by atoms with Crippen molar-refractivity contribution in [3.63, 3.8) is 0 Å². The van der Waals surface area contributed by atoms with E-state index in [1.807, 2.05) is 37.3 Å². The van der Waals surface area contributed by atoms with E-state index < -0.39 is 0 Å². The van der Waals surface area contributed by atoms with Crippen molar-refractivity contribution in [3.8, 4) is 5.75 Å². The number of phenols is 1. The average Bonchev–Trinajstić information content (AvgIpc) is 3.34. The summed E-state index contributed by atoms with van der Waals surface area (Å²) < 4.78 is 0. The number of amidine groups is 1. The second-order valence-corrected chi connectivity index (χ2v) is 8.57. The van der Waals surface area contributed by atoms with E-state index in [-0.39, 0.29) is 17.7 Å². The summed E-state index contributed by atoms with van der Waals surface area (Å²) in [4.78, 5) is 20.5. The molecule has 0 spiro atoms. The second-order valence-electron chi connectivity index (χ2n) is 7.27. The fourth-order valence-electron chi connectivity index (χ4n) is 3.75. The highest BCUT2D eigenvalue weighted by atomic mass is 35.5. The molecule has 0 saturated carbocycles. The van der Waals surface area contributed by atoms with Crippen molar-refractivity contribution in [3.05, 3.63) is 70.4 Å². The van der Waals surface area contributed by atoms with Gasteiger partial charge < -0.3 is 5.11 Å². The molecular formula is C22H17ClN4O2S. The number of aliphatic imine (C=N–C) groups is 1. The van der Waals surface area contributed by atoms with Crippen molar-refractivity contribution in [2.24, 2.45) is 10.1 Å². The maximum atomic E-state index is 11.8. The van der Waals surface area contributed by atoms with Gasteiger partial charge in [-0.1, -0.05) is 47.1 Å². The quantitative estimate of drug-likeness (QED) is 0.590. The van der Waals surface area contributed by atoms with Crippen LogP contribution in [0, 0.1) is 6.92 Å². The number of hydrazone groups is 1. The number of para-hydroxylation sites is 1. The molecule has 1 aromatic heterocycles. The summed E-state index contributed by atoms with van der Waals surface area (Å²) >= 11 is 7.95. The number of aromatic nitrogens is 1. The molecule has 0 bridgehead atoms. The number of rotatable bonds is 2. The lowest BCUT2D eigenvalue weighted by molar-refractivity contribution is -0.115. The summed E-state index contributed by atoms with van der Waals surface area (Å²) in [5, 5.41) is 18.7. The van der Waals surface area contributed by atoms with Crippen molar-refractivity contribution < 1.29 is 9.90 Å². The van der Waals surface area contributed by atoms with Crippen molar-refractivity contribution in [1.82, 2.24) is 9.99 Å². The van der Waals surface area contributed by atoms with Gasteiger partial charge in [-0.15, -0.1) is 0 Å². The second kappa shape index (κ2) is 7.41. The minimum Gasteiger partial charge on any atom is -0.507 e. The predicted molar refractivity (Wildman–Crippen MR) is 120 cm³/mol. The summed E-state index contributed by atoms with van der Waals surface area (Å²) in [5.74, 6) is 0.272. The highest BCUT2D eigenvalue weighted by molar-refractivity contribution is 8.14. The number of hydrogen-bond acceptors (Lipinski definition) is 6. The monoisotopic (exact) mass is 436 g/mol. The molecule has 0 radical (unpaired) electrons. The van der Waals surface area contributed by atoms with E-state index in [2.05, 4.69) is 16.0 Å². The van der Waals surface area contributed by atoms with Gasteiger partial charge >= 0.3 is 0 Å². The number of fused-ring (bicyclic) bond motifs is 1. The number of pyridine rings is 1. The van der Waals surface area contributed by atoms with E-state index in [1.165, 1.54) is 11.8 Å². The topological polar surface area (TPSA) is 78.2 Å². The van der Waals surface area contributed by atoms with Crippen LogP contribution in [0.25, 0.3) is 10.9 Å². The summed E-state index contributed by atoms with van der Waals surface area (Å²) in [6, 6.07) is 14.9. The number of carbonyl (C=O) groups excluding carboxylic acids is 1. The Morgan fingerprint density at radius 2 is 2.03 bits per heavy atom. The van der Waals surface area contributed by atoms with Gasteiger partial charge in [-0.05, 0) is 37.3 Å². The van der Waals surface area contributed by atoms with E-state index in [0.717, 1.165) is 22.0 Å². The summed E-state index contributed by atoms with van der Waals surface area (Å²) in [6.45, 7) is 2.03. The number of benzene rings is 2. The number of amides is 1. The van der Waals surface area contributed by atoms with Gasteiger partial charge in [-0.2, -0.15) is 10.1 Å². The maximum Gasteiger partial charge on any atom is 0.258 e. The first kappa shape index (κ1) is 19.1. The fourth-order valence-corrected chi connectivity index (χ4v) is 4.80. The molecule has 3 heterocycles. The molecule has 2 aromatic carbocycles. The van der Waals surface area contributed by atoms with E-state index in [9.17, 15) is 9.90 Å². The number of halogens is 1. The molecule has 2 aliphatic rings. The van der Waals surface area contributed by atoms with Crippen molar-refractivity contribution >= 4 is 51.1 Å². The molecule has 6 nitrogen and oxygen atoms in total. The standard InChI is InChI=1S/C22H17ClN4O2S/c1-12-6-7-16-13(8-12)9-15(21(23)24-16)18-10-17(14-4-2-3-5-19(14)28)26-27(18)22-25-20(29)11-30-22/h2-9,18,28H,10-11H2,1H3. The number of aryl methyl sites for hydroxylation is 1. The van der Waals surface area contributed by atoms with Gasteiger partial charge in [-0.3, -0.25) is 4.79 Å². The Hall–Kier alpha value is -2.90. The van der Waals surface area contributed by atoms with Crippen LogP contribution in [-0.2, 0) is 4.79 Å². The first-order valence-corrected chi connectivity index (χ1v) is 10.8. The van der Waals surface area contributed by atoms with Crippen LogP contribution < -0.4 is 0 Å². The van der Waals surface area contributed by atoms with E-state index in [4.69, 9.17) is 16.7 Å². The Kier molecular flexibility index (Phi) is 4.72. The zero-order valence-corrected chi connectivity index (χ0v) is 17.6. The van der Waals surface area contributed by atoms with Crippen LogP contribution in [0.4, 0.5) is 0 Å². The molecule has 150 valence electrons. The lowest BCUT2D eigenvalue weighted by Gasteiger charge is -2.23. The molecule has 1 N–H and O–H groups in total. The van der Waals surface area contributed by atoms with E-state index in [1.54, 1.807) is 17.1 Å². The minimum atomic E-state index is -0.276. The van der Waals surface area contributed by atoms with Gasteiger partial charge in [0.1, 0.15) is 10.9 Å². The largest absolute Gasteiger partial charge is 0.507 e. The molecule has 1 atom stereocenters. The summed E-state index contributed by atoms with van der Waals surface area (Å²) in [5.41, 5.74) is 4.13. The highest BCUT2D eigenvalue weighted by Gasteiger charge is 2.36. The van der Waals surface area contributed by atoms with Crippen LogP contribution in [0.3, 0.4) is 0 Å². The molecular weight excluding hydrogens is 420 g/mol. The molecule has 0 fully saturated rings. The number of phenolic OH excluding ortho intramolecular Hbond substituents is 1. The van der Waals surface area contributed by atoms with Crippen molar-refractivity contribution in [1.29, 1.82) is 0 Å². The minimum absolute atomic E-state index is 0.160. The normalized spacial score (nSPS) is 18.8. The van der Waals surface area contributed by atoms with Crippen molar-refractivity contribution in [2.75, 3.05) is 5.75 Å². The van der Waals surface area contributed by atoms with Gasteiger partial charge in [0.15, 0.2) is 5.17 Å². The zero-order valence-electron chi connectivity index (χ0n) is 16.0. The summed E-state index contributed by atoms with van der Waals surface area (Å²) in [7, 11) is 0. The lowest BCUT2D eigenvalue weighted by Crippen LogP contribution is -2.24. The van der Waals surface area contributed by atoms with Crippen LogP contribution in [0.2, 0.25) is 5.15 Å². The molecule has 1 amide bonds. The number of carbonyl (C=O) groups is 1. The molecule has 2 aliphatic heterocycles. The molecule has 5 rings (SSSR count). The maximum absolute atomic E-state index is 11.8. The number of aromatic hydroxyl groups is 1. The number of thioether (sulfide) groups is 1. The van der Waals surface area contributed by atoms with E-state index >= 15 is 0 Å². The average molecular weight is 437 g/mol. The molecule has 0 aliphatic carbocycles. The van der Waals surface area contributed by atoms with Crippen molar-refractivity contribution in [2.45, 2.75) is 19.4 Å². The third kappa shape index (κ3) is 3.34. The van der Waals surface area contributed by atoms with Gasteiger partial charge in [0, 0.05) is 22.9 Å². The SMILES string of the molecule is Cc1ccc2nc(Cl)c(C3CC(c4ccccc4O)=NN3C3=NC(=O)CS3)cc2c1. The Morgan fingerprint density at radius 1 is 1.20 bits per heavy atom. The molecule has 30 heavy (non-hydrogen) atoms. The first-order valence-electron chi connectivity index (χ1n) is 9.46. The smallest absolute Gasteiger partial charge is 0.258 e. The highest BCUT2D eigenvalue weighted by Crippen LogP contribution is 2.40. The third-order valence-electron chi connectivity index (χ3n) is 5.18. The number of hydrogen-bond donors (Lipinski definition) is 1. The van der Waals surface area contributed by atoms with Gasteiger partial charge in [0.05, 0.1) is 23.0 Å². The van der Waals surface area contributed by atoms with Crippen LogP contribution in [0.1, 0.15) is 29.2 Å². The van der Waals surface area contributed by atoms with Gasteiger partial charge in [0.25, 0.3) is 5.91 Å². The van der Waals surface area contributed by atoms with Crippen LogP contribution >= 0.6 is 23.4 Å². The molecule has 3 aromatic rings. The Bertz CT molecular complexity index is 1260. The predicted octanol–water partition coefficient (Wildman–Crippen LogP) is 4.68. The van der Waals surface area contributed by atoms with Crippen LogP contribution in [0.5, 0.6) is 5.75 Å². The Balaban J connectivity index is 1.62. The van der Waals surface area contributed by atoms with Gasteiger partial charge in [-0.25, -0.2) is 9.99 Å². The van der Waals surface area contributed by atoms with E-state index in [0.29, 0.717) is 33.8 Å². The van der Waals surface area contributed by atoms with Crippen LogP contribution in [-0.4, -0.2) is 37.6 Å². The number of nitrogens with zero attached hydrogens (tertiary/aromatic N) is 4. The van der Waals surface area contributed by atoms with Crippen LogP contribution in [0.15, 0.2) is 58.6 Å². The summed E-state index contributed by atoms with van der Waals surface area (Å²) in [6.07, 6.45) is 0.504. The van der Waals surface area contributed by atoms with Gasteiger partial charge in [0.2, 0.25) is 0 Å². The Morgan fingerprint density at radius 3 is 2.80 bits per heavy atom. The molecule has 1 unspecified atom stereocenters. The lowest BCUT2D eigenvalue weighted by atomic mass is 9.98. The molecule has 0 saturated heterocycles. The zero-order chi connectivity index (χ0) is 20.8. The Labute approximate surface area is 182 Å². The fraction of sp³-hybridized carbons (Fsp3) is 0.182. The molecule has 8 heteroatoms. The third-order valence-corrected chi connectivity index (χ3v) is 6.41.